The second-order valence-electron chi connectivity index (χ2n) is 3.74. The van der Waals surface area contributed by atoms with E-state index in [0.717, 1.165) is 0 Å². The van der Waals surface area contributed by atoms with Gasteiger partial charge in [0.15, 0.2) is 21.5 Å². The summed E-state index contributed by atoms with van der Waals surface area (Å²) in [5.74, 6) is -0.172. The Hall–Kier alpha value is -1.24. The second kappa shape index (κ2) is 3.97. The summed E-state index contributed by atoms with van der Waals surface area (Å²) in [5, 5.41) is 0. The molecule has 2 rings (SSSR count). The van der Waals surface area contributed by atoms with E-state index in [0.29, 0.717) is 0 Å². The molecule has 0 aromatic carbocycles. The molecule has 0 N–H and O–H groups in total. The van der Waals surface area contributed by atoms with E-state index in [4.69, 9.17) is 0 Å². The number of nitrogens with zero attached hydrogens (tertiary/aromatic N) is 3. The SMILES string of the molecule is Cc1ncnc(N2CCS(=O)(=O)CC2)c1F. The summed E-state index contributed by atoms with van der Waals surface area (Å²) in [6.45, 7) is 2.13. The number of aromatic nitrogens is 2. The largest absolute Gasteiger partial charge is 0.352 e. The molecule has 0 radical (unpaired) electrons. The van der Waals surface area contributed by atoms with Crippen LogP contribution in [0.2, 0.25) is 0 Å². The molecule has 88 valence electrons. The zero-order valence-corrected chi connectivity index (χ0v) is 9.67. The third-order valence-electron chi connectivity index (χ3n) is 2.59. The molecule has 0 saturated carbocycles. The first-order valence-electron chi connectivity index (χ1n) is 4.92. The first-order valence-corrected chi connectivity index (χ1v) is 6.74. The molecule has 0 spiro atoms. The molecule has 1 saturated heterocycles. The van der Waals surface area contributed by atoms with Crippen molar-refractivity contribution in [2.45, 2.75) is 6.92 Å². The molecular weight excluding hydrogens is 233 g/mol. The predicted octanol–water partition coefficient (Wildman–Crippen LogP) is 0.159. The average molecular weight is 245 g/mol. The lowest BCUT2D eigenvalue weighted by molar-refractivity contribution is 0.574. The van der Waals surface area contributed by atoms with Crippen LogP contribution in [0.15, 0.2) is 6.33 Å². The normalized spacial score (nSPS) is 19.8. The zero-order chi connectivity index (χ0) is 11.8. The Labute approximate surface area is 93.2 Å². The molecular formula is C9H12FN3O2S. The van der Waals surface area contributed by atoms with E-state index in [1.54, 1.807) is 11.8 Å². The van der Waals surface area contributed by atoms with Gasteiger partial charge >= 0.3 is 0 Å². The minimum absolute atomic E-state index is 0.0511. The molecule has 5 nitrogen and oxygen atoms in total. The van der Waals surface area contributed by atoms with Crippen LogP contribution in [0.3, 0.4) is 0 Å². The van der Waals surface area contributed by atoms with E-state index >= 15 is 0 Å². The van der Waals surface area contributed by atoms with Crippen molar-refractivity contribution in [3.63, 3.8) is 0 Å². The quantitative estimate of drug-likeness (QED) is 0.705. The lowest BCUT2D eigenvalue weighted by Gasteiger charge is -2.27. The summed E-state index contributed by atoms with van der Waals surface area (Å²) in [4.78, 5) is 9.23. The lowest BCUT2D eigenvalue weighted by atomic mass is 10.3. The van der Waals surface area contributed by atoms with Gasteiger partial charge in [0.2, 0.25) is 0 Å². The molecule has 1 fully saturated rings. The van der Waals surface area contributed by atoms with Gasteiger partial charge in [-0.2, -0.15) is 0 Å². The van der Waals surface area contributed by atoms with Crippen molar-refractivity contribution in [2.24, 2.45) is 0 Å². The minimum atomic E-state index is -2.95. The molecule has 2 heterocycles. The number of aryl methyl sites for hydroxylation is 1. The fourth-order valence-electron chi connectivity index (χ4n) is 1.59. The Balaban J connectivity index is 2.24. The molecule has 1 aliphatic rings. The highest BCUT2D eigenvalue weighted by molar-refractivity contribution is 7.91. The van der Waals surface area contributed by atoms with Crippen LogP contribution in [0.1, 0.15) is 5.69 Å². The van der Waals surface area contributed by atoms with Gasteiger partial charge in [-0.1, -0.05) is 0 Å². The monoisotopic (exact) mass is 245 g/mol. The van der Waals surface area contributed by atoms with Gasteiger partial charge in [-0.25, -0.2) is 22.8 Å². The highest BCUT2D eigenvalue weighted by atomic mass is 32.2. The predicted molar refractivity (Wildman–Crippen MR) is 57.6 cm³/mol. The first kappa shape index (κ1) is 11.3. The van der Waals surface area contributed by atoms with Crippen molar-refractivity contribution in [2.75, 3.05) is 29.5 Å². The Bertz CT molecular complexity index is 489. The van der Waals surface area contributed by atoms with Crippen LogP contribution in [0.25, 0.3) is 0 Å². The van der Waals surface area contributed by atoms with Crippen LogP contribution in [0.5, 0.6) is 0 Å². The molecule has 0 atom stereocenters. The van der Waals surface area contributed by atoms with Crippen LogP contribution < -0.4 is 4.90 Å². The van der Waals surface area contributed by atoms with Gasteiger partial charge in [-0.05, 0) is 6.92 Å². The standard InChI is InChI=1S/C9H12FN3O2S/c1-7-8(10)9(12-6-11-7)13-2-4-16(14,15)5-3-13/h6H,2-5H2,1H3. The summed E-state index contributed by atoms with van der Waals surface area (Å²) < 4.78 is 36.1. The Morgan fingerprint density at radius 2 is 1.94 bits per heavy atom. The summed E-state index contributed by atoms with van der Waals surface area (Å²) in [6, 6.07) is 0. The highest BCUT2D eigenvalue weighted by Gasteiger charge is 2.24. The number of rotatable bonds is 1. The maximum atomic E-state index is 13.7. The summed E-state index contributed by atoms with van der Waals surface area (Å²) in [5.41, 5.74) is 0.276. The fourth-order valence-corrected chi connectivity index (χ4v) is 2.79. The molecule has 1 aromatic rings. The third-order valence-corrected chi connectivity index (χ3v) is 4.20. The van der Waals surface area contributed by atoms with Crippen molar-refractivity contribution in [1.82, 2.24) is 9.97 Å². The van der Waals surface area contributed by atoms with Gasteiger partial charge in [0, 0.05) is 13.1 Å². The van der Waals surface area contributed by atoms with E-state index in [-0.39, 0.29) is 36.1 Å². The molecule has 0 amide bonds. The number of hydrogen-bond donors (Lipinski definition) is 0. The molecule has 0 bridgehead atoms. The summed E-state index contributed by atoms with van der Waals surface area (Å²) in [7, 11) is -2.95. The van der Waals surface area contributed by atoms with E-state index in [2.05, 4.69) is 9.97 Å². The third kappa shape index (κ3) is 2.13. The number of halogens is 1. The molecule has 1 aromatic heterocycles. The minimum Gasteiger partial charge on any atom is -0.352 e. The zero-order valence-electron chi connectivity index (χ0n) is 8.85. The van der Waals surface area contributed by atoms with Crippen molar-refractivity contribution < 1.29 is 12.8 Å². The maximum absolute atomic E-state index is 13.7. The van der Waals surface area contributed by atoms with Crippen LogP contribution in [0, 0.1) is 12.7 Å². The number of sulfone groups is 1. The highest BCUT2D eigenvalue weighted by Crippen LogP contribution is 2.19. The van der Waals surface area contributed by atoms with E-state index < -0.39 is 15.7 Å². The molecule has 0 unspecified atom stereocenters. The first-order chi connectivity index (χ1) is 7.49. The van der Waals surface area contributed by atoms with Gasteiger partial charge in [-0.15, -0.1) is 0 Å². The van der Waals surface area contributed by atoms with Crippen molar-refractivity contribution in [1.29, 1.82) is 0 Å². The van der Waals surface area contributed by atoms with Gasteiger partial charge in [0.1, 0.15) is 6.33 Å². The Kier molecular flexibility index (Phi) is 2.79. The lowest BCUT2D eigenvalue weighted by Crippen LogP contribution is -2.41. The van der Waals surface area contributed by atoms with Crippen molar-refractivity contribution >= 4 is 15.7 Å². The number of anilines is 1. The molecule has 0 aliphatic carbocycles. The molecule has 16 heavy (non-hydrogen) atoms. The van der Waals surface area contributed by atoms with Crippen molar-refractivity contribution in [3.05, 3.63) is 17.8 Å². The van der Waals surface area contributed by atoms with Crippen LogP contribution in [0.4, 0.5) is 10.2 Å². The van der Waals surface area contributed by atoms with Crippen LogP contribution in [-0.2, 0) is 9.84 Å². The van der Waals surface area contributed by atoms with Gasteiger partial charge < -0.3 is 4.90 Å². The summed E-state index contributed by atoms with van der Waals surface area (Å²) >= 11 is 0. The van der Waals surface area contributed by atoms with Crippen molar-refractivity contribution in [3.8, 4) is 0 Å². The molecule has 7 heteroatoms. The van der Waals surface area contributed by atoms with Gasteiger partial charge in [-0.3, -0.25) is 0 Å². The number of hydrogen-bond acceptors (Lipinski definition) is 5. The fraction of sp³-hybridized carbons (Fsp3) is 0.556. The smallest absolute Gasteiger partial charge is 0.186 e. The van der Waals surface area contributed by atoms with E-state index in [1.807, 2.05) is 0 Å². The van der Waals surface area contributed by atoms with E-state index in [1.165, 1.54) is 6.33 Å². The summed E-state index contributed by atoms with van der Waals surface area (Å²) in [6.07, 6.45) is 1.29. The van der Waals surface area contributed by atoms with Gasteiger partial charge in [0.05, 0.1) is 17.2 Å². The molecule has 1 aliphatic heterocycles. The second-order valence-corrected chi connectivity index (χ2v) is 6.04. The van der Waals surface area contributed by atoms with E-state index in [9.17, 15) is 12.8 Å². The topological polar surface area (TPSA) is 63.2 Å². The maximum Gasteiger partial charge on any atom is 0.186 e. The van der Waals surface area contributed by atoms with Crippen LogP contribution >= 0.6 is 0 Å². The Morgan fingerprint density at radius 1 is 1.31 bits per heavy atom. The van der Waals surface area contributed by atoms with Crippen LogP contribution in [-0.4, -0.2) is 43.0 Å². The Morgan fingerprint density at radius 3 is 2.56 bits per heavy atom. The van der Waals surface area contributed by atoms with Gasteiger partial charge in [0.25, 0.3) is 0 Å². The average Bonchev–Trinajstić information content (AvgIpc) is 2.23.